The Bertz CT molecular complexity index is 579. The van der Waals surface area contributed by atoms with Gasteiger partial charge in [0.15, 0.2) is 6.10 Å². The van der Waals surface area contributed by atoms with Crippen LogP contribution in [0.2, 0.25) is 0 Å². The minimum absolute atomic E-state index is 0.00208. The molecule has 2 heterocycles. The Morgan fingerprint density at radius 2 is 1.63 bits per heavy atom. The lowest BCUT2D eigenvalue weighted by molar-refractivity contribution is 0.0390. The first-order valence-electron chi connectivity index (χ1n) is 6.21. The molecule has 0 aliphatic carbocycles. The molecule has 1 unspecified atom stereocenters. The zero-order valence-electron chi connectivity index (χ0n) is 10.4. The van der Waals surface area contributed by atoms with Crippen LogP contribution in [0.4, 0.5) is 0 Å². The van der Waals surface area contributed by atoms with Gasteiger partial charge >= 0.3 is 0 Å². The van der Waals surface area contributed by atoms with Gasteiger partial charge in [0.25, 0.3) is 0 Å². The van der Waals surface area contributed by atoms with Crippen molar-refractivity contribution in [1.29, 1.82) is 0 Å². The summed E-state index contributed by atoms with van der Waals surface area (Å²) in [5, 5.41) is 13.0. The summed E-state index contributed by atoms with van der Waals surface area (Å²) in [6.45, 7) is 0.00208. The number of benzene rings is 1. The van der Waals surface area contributed by atoms with Gasteiger partial charge in [0.1, 0.15) is 0 Å². The number of nitrogens with zero attached hydrogens (tertiary/aromatic N) is 2. The lowest BCUT2D eigenvalue weighted by Crippen LogP contribution is -2.12. The van der Waals surface area contributed by atoms with Gasteiger partial charge < -0.3 is 9.94 Å². The molecule has 0 fully saturated rings. The van der Waals surface area contributed by atoms with Crippen molar-refractivity contribution in [2.24, 2.45) is 5.16 Å². The third kappa shape index (κ3) is 2.48. The van der Waals surface area contributed by atoms with E-state index in [4.69, 9.17) is 9.94 Å². The number of aliphatic hydroxyl groups excluding tert-OH is 1. The van der Waals surface area contributed by atoms with E-state index in [-0.39, 0.29) is 12.7 Å². The van der Waals surface area contributed by atoms with Gasteiger partial charge in [-0.15, -0.1) is 0 Å². The fourth-order valence-electron chi connectivity index (χ4n) is 2.10. The Morgan fingerprint density at radius 3 is 2.26 bits per heavy atom. The van der Waals surface area contributed by atoms with E-state index in [0.29, 0.717) is 6.42 Å². The lowest BCUT2D eigenvalue weighted by atomic mass is 10.0. The molecule has 96 valence electrons. The summed E-state index contributed by atoms with van der Waals surface area (Å²) in [7, 11) is 0. The first kappa shape index (κ1) is 11.9. The molecule has 4 heteroatoms. The topological polar surface area (TPSA) is 54.7 Å². The minimum atomic E-state index is -0.199. The van der Waals surface area contributed by atoms with Crippen molar-refractivity contribution in [3.05, 3.63) is 54.4 Å². The average Bonchev–Trinajstić information content (AvgIpc) is 2.97. The molecule has 0 amide bonds. The molecule has 3 rings (SSSR count). The van der Waals surface area contributed by atoms with Gasteiger partial charge in [-0.1, -0.05) is 29.4 Å². The molecule has 1 aromatic carbocycles. The van der Waals surface area contributed by atoms with Crippen LogP contribution in [-0.2, 0) is 4.84 Å². The summed E-state index contributed by atoms with van der Waals surface area (Å²) in [6.07, 6.45) is 4.02. The number of aliphatic hydroxyl groups is 1. The van der Waals surface area contributed by atoms with Gasteiger partial charge in [0.05, 0.1) is 12.3 Å². The monoisotopic (exact) mass is 254 g/mol. The number of oxime groups is 1. The number of hydrogen-bond acceptors (Lipinski definition) is 4. The quantitative estimate of drug-likeness (QED) is 0.913. The van der Waals surface area contributed by atoms with Crippen LogP contribution in [0.25, 0.3) is 11.1 Å². The molecule has 4 nitrogen and oxygen atoms in total. The van der Waals surface area contributed by atoms with Crippen LogP contribution in [0.3, 0.4) is 0 Å². The Labute approximate surface area is 111 Å². The van der Waals surface area contributed by atoms with E-state index in [0.717, 1.165) is 22.4 Å². The fourth-order valence-corrected chi connectivity index (χ4v) is 2.10. The zero-order valence-corrected chi connectivity index (χ0v) is 10.4. The molecule has 0 spiro atoms. The van der Waals surface area contributed by atoms with Crippen molar-refractivity contribution in [2.45, 2.75) is 12.5 Å². The molecular formula is C15H14N2O2. The number of pyridine rings is 1. The molecule has 1 aromatic heterocycles. The molecule has 1 aliphatic rings. The summed E-state index contributed by atoms with van der Waals surface area (Å²) >= 11 is 0. The third-order valence-corrected chi connectivity index (χ3v) is 3.17. The van der Waals surface area contributed by atoms with Crippen molar-refractivity contribution in [3.63, 3.8) is 0 Å². The van der Waals surface area contributed by atoms with Crippen LogP contribution in [0.15, 0.2) is 53.9 Å². The fraction of sp³-hybridized carbons (Fsp3) is 0.200. The molecule has 0 radical (unpaired) electrons. The average molecular weight is 254 g/mol. The molecule has 0 saturated heterocycles. The Balaban J connectivity index is 1.80. The Hall–Kier alpha value is -2.20. The largest absolute Gasteiger partial charge is 0.392 e. The van der Waals surface area contributed by atoms with Crippen LogP contribution in [0.1, 0.15) is 12.0 Å². The van der Waals surface area contributed by atoms with Crippen LogP contribution in [0, 0.1) is 0 Å². The van der Waals surface area contributed by atoms with Crippen molar-refractivity contribution in [1.82, 2.24) is 4.98 Å². The van der Waals surface area contributed by atoms with Crippen LogP contribution < -0.4 is 0 Å². The van der Waals surface area contributed by atoms with Crippen LogP contribution >= 0.6 is 0 Å². The van der Waals surface area contributed by atoms with Crippen molar-refractivity contribution in [2.75, 3.05) is 6.61 Å². The summed E-state index contributed by atoms with van der Waals surface area (Å²) in [5.74, 6) is 0. The smallest absolute Gasteiger partial charge is 0.156 e. The molecular weight excluding hydrogens is 240 g/mol. The normalized spacial score (nSPS) is 17.9. The zero-order chi connectivity index (χ0) is 13.1. The molecule has 0 bridgehead atoms. The predicted octanol–water partition coefficient (Wildman–Crippen LogP) is 2.23. The van der Waals surface area contributed by atoms with Crippen LogP contribution in [-0.4, -0.2) is 28.5 Å². The SMILES string of the molecule is OCC1CC(c2ccc(-c3ccncc3)cc2)=NO1. The van der Waals surface area contributed by atoms with Crippen molar-refractivity contribution < 1.29 is 9.94 Å². The molecule has 0 saturated carbocycles. The van der Waals surface area contributed by atoms with E-state index in [9.17, 15) is 0 Å². The Morgan fingerprint density at radius 1 is 1.00 bits per heavy atom. The van der Waals surface area contributed by atoms with Crippen LogP contribution in [0.5, 0.6) is 0 Å². The lowest BCUT2D eigenvalue weighted by Gasteiger charge is -2.04. The van der Waals surface area contributed by atoms with Gasteiger partial charge in [-0.3, -0.25) is 4.98 Å². The minimum Gasteiger partial charge on any atom is -0.392 e. The highest BCUT2D eigenvalue weighted by Crippen LogP contribution is 2.21. The molecule has 1 aliphatic heterocycles. The molecule has 1 atom stereocenters. The molecule has 2 aromatic rings. The standard InChI is InChI=1S/C15H14N2O2/c18-10-14-9-15(17-19-14)13-3-1-11(2-4-13)12-5-7-16-8-6-12/h1-8,14,18H,9-10H2. The van der Waals surface area contributed by atoms with E-state index in [1.165, 1.54) is 0 Å². The maximum absolute atomic E-state index is 9.02. The van der Waals surface area contributed by atoms with Crippen molar-refractivity contribution >= 4 is 5.71 Å². The highest BCUT2D eigenvalue weighted by molar-refractivity contribution is 6.01. The Kier molecular flexibility index (Phi) is 3.25. The summed E-state index contributed by atoms with van der Waals surface area (Å²) < 4.78 is 0. The first-order valence-corrected chi connectivity index (χ1v) is 6.21. The van der Waals surface area contributed by atoms with Gasteiger partial charge in [-0.2, -0.15) is 0 Å². The van der Waals surface area contributed by atoms with Gasteiger partial charge in [0.2, 0.25) is 0 Å². The summed E-state index contributed by atoms with van der Waals surface area (Å²) in [6, 6.07) is 12.1. The van der Waals surface area contributed by atoms with Gasteiger partial charge in [-0.25, -0.2) is 0 Å². The van der Waals surface area contributed by atoms with E-state index in [2.05, 4.69) is 22.3 Å². The number of hydrogen-bond donors (Lipinski definition) is 1. The van der Waals surface area contributed by atoms with Gasteiger partial charge in [-0.05, 0) is 28.8 Å². The number of rotatable bonds is 3. The third-order valence-electron chi connectivity index (χ3n) is 3.17. The first-order chi connectivity index (χ1) is 9.36. The second-order valence-electron chi connectivity index (χ2n) is 4.47. The maximum Gasteiger partial charge on any atom is 0.156 e. The van der Waals surface area contributed by atoms with Gasteiger partial charge in [0, 0.05) is 18.8 Å². The number of aromatic nitrogens is 1. The van der Waals surface area contributed by atoms with E-state index in [1.54, 1.807) is 12.4 Å². The maximum atomic E-state index is 9.02. The second kappa shape index (κ2) is 5.20. The molecule has 19 heavy (non-hydrogen) atoms. The van der Waals surface area contributed by atoms with E-state index >= 15 is 0 Å². The summed E-state index contributed by atoms with van der Waals surface area (Å²) in [5.41, 5.74) is 4.21. The summed E-state index contributed by atoms with van der Waals surface area (Å²) in [4.78, 5) is 9.12. The van der Waals surface area contributed by atoms with Crippen molar-refractivity contribution in [3.8, 4) is 11.1 Å². The highest BCUT2D eigenvalue weighted by atomic mass is 16.6. The predicted molar refractivity (Wildman–Crippen MR) is 72.8 cm³/mol. The second-order valence-corrected chi connectivity index (χ2v) is 4.47. The van der Waals surface area contributed by atoms with E-state index < -0.39 is 0 Å². The highest BCUT2D eigenvalue weighted by Gasteiger charge is 2.20. The molecule has 1 N–H and O–H groups in total. The van der Waals surface area contributed by atoms with E-state index in [1.807, 2.05) is 24.3 Å².